The fraction of sp³-hybridized carbons (Fsp3) is 0.125. The molecule has 0 aliphatic heterocycles. The van der Waals surface area contributed by atoms with Crippen molar-refractivity contribution in [3.63, 3.8) is 0 Å². The van der Waals surface area contributed by atoms with Gasteiger partial charge in [0.15, 0.2) is 5.78 Å². The van der Waals surface area contributed by atoms with E-state index >= 15 is 0 Å². The molecule has 0 bridgehead atoms. The molecule has 2 rings (SSSR count). The SMILES string of the molecule is COCC(=O)Nc1ccc(Br)cc1C(=O)c1ccccc1. The summed E-state index contributed by atoms with van der Waals surface area (Å²) >= 11 is 3.34. The first kappa shape index (κ1) is 15.4. The summed E-state index contributed by atoms with van der Waals surface area (Å²) in [5.74, 6) is -0.452. The van der Waals surface area contributed by atoms with E-state index < -0.39 is 0 Å². The van der Waals surface area contributed by atoms with Crippen molar-refractivity contribution in [2.24, 2.45) is 0 Å². The van der Waals surface area contributed by atoms with Crippen LogP contribution >= 0.6 is 15.9 Å². The normalized spacial score (nSPS) is 10.2. The molecule has 0 aromatic heterocycles. The molecule has 1 N–H and O–H groups in total. The van der Waals surface area contributed by atoms with Gasteiger partial charge in [0.05, 0.1) is 5.69 Å². The standard InChI is InChI=1S/C16H14BrNO3/c1-21-10-15(19)18-14-8-7-12(17)9-13(14)16(20)11-5-3-2-4-6-11/h2-9H,10H2,1H3,(H,18,19). The Balaban J connectivity index is 2.35. The zero-order valence-electron chi connectivity index (χ0n) is 11.4. The number of ether oxygens (including phenoxy) is 1. The first-order valence-corrected chi connectivity index (χ1v) is 7.09. The van der Waals surface area contributed by atoms with Crippen LogP contribution in [0, 0.1) is 0 Å². The maximum atomic E-state index is 12.6. The van der Waals surface area contributed by atoms with E-state index in [2.05, 4.69) is 21.2 Å². The van der Waals surface area contributed by atoms with Gasteiger partial charge in [0.1, 0.15) is 6.61 Å². The van der Waals surface area contributed by atoms with Crippen LogP contribution < -0.4 is 5.32 Å². The number of nitrogens with one attached hydrogen (secondary N) is 1. The van der Waals surface area contributed by atoms with Crippen LogP contribution in [0.25, 0.3) is 0 Å². The summed E-state index contributed by atoms with van der Waals surface area (Å²) < 4.78 is 5.55. The van der Waals surface area contributed by atoms with Crippen molar-refractivity contribution < 1.29 is 14.3 Å². The lowest BCUT2D eigenvalue weighted by Crippen LogP contribution is -2.19. The second-order valence-electron chi connectivity index (χ2n) is 4.37. The van der Waals surface area contributed by atoms with Gasteiger partial charge in [0.2, 0.25) is 5.91 Å². The largest absolute Gasteiger partial charge is 0.375 e. The number of methoxy groups -OCH3 is 1. The number of carbonyl (C=O) groups is 2. The number of hydrogen-bond donors (Lipinski definition) is 1. The van der Waals surface area contributed by atoms with Gasteiger partial charge < -0.3 is 10.1 Å². The molecule has 4 nitrogen and oxygen atoms in total. The molecular weight excluding hydrogens is 334 g/mol. The van der Waals surface area contributed by atoms with E-state index in [1.165, 1.54) is 7.11 Å². The second-order valence-corrected chi connectivity index (χ2v) is 5.28. The number of carbonyl (C=O) groups excluding carboxylic acids is 2. The molecule has 2 aromatic rings. The van der Waals surface area contributed by atoms with Crippen molar-refractivity contribution in [2.45, 2.75) is 0 Å². The Bertz CT molecular complexity index is 656. The Hall–Kier alpha value is -1.98. The van der Waals surface area contributed by atoms with Crippen molar-refractivity contribution in [1.82, 2.24) is 0 Å². The fourth-order valence-electron chi connectivity index (χ4n) is 1.88. The fourth-order valence-corrected chi connectivity index (χ4v) is 2.24. The van der Waals surface area contributed by atoms with Crippen molar-refractivity contribution in [1.29, 1.82) is 0 Å². The number of amides is 1. The summed E-state index contributed by atoms with van der Waals surface area (Å²) in [6, 6.07) is 14.1. The smallest absolute Gasteiger partial charge is 0.250 e. The molecule has 0 unspecified atom stereocenters. The first-order valence-electron chi connectivity index (χ1n) is 6.30. The minimum atomic E-state index is -0.304. The van der Waals surface area contributed by atoms with Crippen LogP contribution in [-0.2, 0) is 9.53 Å². The molecule has 0 aliphatic rings. The maximum absolute atomic E-state index is 12.6. The number of halogens is 1. The van der Waals surface area contributed by atoms with Crippen LogP contribution in [0.1, 0.15) is 15.9 Å². The first-order chi connectivity index (χ1) is 10.1. The Morgan fingerprint density at radius 2 is 1.86 bits per heavy atom. The number of hydrogen-bond acceptors (Lipinski definition) is 3. The highest BCUT2D eigenvalue weighted by Crippen LogP contribution is 2.24. The van der Waals surface area contributed by atoms with E-state index in [-0.39, 0.29) is 18.3 Å². The number of ketones is 1. The van der Waals surface area contributed by atoms with E-state index in [1.807, 2.05) is 6.07 Å². The molecule has 108 valence electrons. The van der Waals surface area contributed by atoms with Crippen LogP contribution in [0.15, 0.2) is 53.0 Å². The van der Waals surface area contributed by atoms with E-state index in [1.54, 1.807) is 42.5 Å². The van der Waals surface area contributed by atoms with Gasteiger partial charge in [-0.2, -0.15) is 0 Å². The van der Waals surface area contributed by atoms with Crippen LogP contribution in [0.3, 0.4) is 0 Å². The van der Waals surface area contributed by atoms with Crippen LogP contribution in [0.2, 0.25) is 0 Å². The van der Waals surface area contributed by atoms with Crippen molar-refractivity contribution >= 4 is 33.3 Å². The molecule has 5 heteroatoms. The highest BCUT2D eigenvalue weighted by Gasteiger charge is 2.15. The van der Waals surface area contributed by atoms with Crippen LogP contribution in [-0.4, -0.2) is 25.4 Å². The van der Waals surface area contributed by atoms with Gasteiger partial charge in [-0.1, -0.05) is 46.3 Å². The minimum Gasteiger partial charge on any atom is -0.375 e. The zero-order valence-corrected chi connectivity index (χ0v) is 13.0. The molecule has 0 aliphatic carbocycles. The Morgan fingerprint density at radius 1 is 1.14 bits per heavy atom. The summed E-state index contributed by atoms with van der Waals surface area (Å²) in [4.78, 5) is 24.2. The topological polar surface area (TPSA) is 55.4 Å². The third-order valence-corrected chi connectivity index (χ3v) is 3.30. The van der Waals surface area contributed by atoms with Gasteiger partial charge >= 0.3 is 0 Å². The third-order valence-electron chi connectivity index (χ3n) is 2.81. The molecule has 0 spiro atoms. The molecule has 0 atom stereocenters. The Kier molecular flexibility index (Phi) is 5.25. The third kappa shape index (κ3) is 4.00. The minimum absolute atomic E-state index is 0.0605. The zero-order chi connectivity index (χ0) is 15.2. The van der Waals surface area contributed by atoms with E-state index in [9.17, 15) is 9.59 Å². The van der Waals surface area contributed by atoms with Crippen molar-refractivity contribution in [3.05, 3.63) is 64.1 Å². The number of rotatable bonds is 5. The lowest BCUT2D eigenvalue weighted by Gasteiger charge is -2.11. The van der Waals surface area contributed by atoms with Crippen molar-refractivity contribution in [3.8, 4) is 0 Å². The van der Waals surface area contributed by atoms with Gasteiger partial charge in [0, 0.05) is 22.7 Å². The Morgan fingerprint density at radius 3 is 2.52 bits per heavy atom. The van der Waals surface area contributed by atoms with Gasteiger partial charge in [-0.3, -0.25) is 9.59 Å². The van der Waals surface area contributed by atoms with Gasteiger partial charge in [-0.15, -0.1) is 0 Å². The maximum Gasteiger partial charge on any atom is 0.250 e. The summed E-state index contributed by atoms with van der Waals surface area (Å²) in [6.07, 6.45) is 0. The monoisotopic (exact) mass is 347 g/mol. The highest BCUT2D eigenvalue weighted by molar-refractivity contribution is 9.10. The molecular formula is C16H14BrNO3. The summed E-state index contributed by atoms with van der Waals surface area (Å²) in [6.45, 7) is -0.0605. The molecule has 0 radical (unpaired) electrons. The quantitative estimate of drug-likeness (QED) is 0.844. The highest BCUT2D eigenvalue weighted by atomic mass is 79.9. The molecule has 1 amide bonds. The summed E-state index contributed by atoms with van der Waals surface area (Å²) in [7, 11) is 1.44. The molecule has 0 saturated carbocycles. The molecule has 0 saturated heterocycles. The van der Waals surface area contributed by atoms with E-state index in [0.717, 1.165) is 4.47 Å². The molecule has 0 heterocycles. The Labute approximate surface area is 131 Å². The predicted molar refractivity (Wildman–Crippen MR) is 84.5 cm³/mol. The van der Waals surface area contributed by atoms with Crippen LogP contribution in [0.4, 0.5) is 5.69 Å². The molecule has 21 heavy (non-hydrogen) atoms. The van der Waals surface area contributed by atoms with Gasteiger partial charge in [-0.25, -0.2) is 0 Å². The van der Waals surface area contributed by atoms with Crippen molar-refractivity contribution in [2.75, 3.05) is 19.0 Å². The molecule has 2 aromatic carbocycles. The lowest BCUT2D eigenvalue weighted by atomic mass is 10.0. The molecule has 0 fully saturated rings. The number of benzene rings is 2. The summed E-state index contributed by atoms with van der Waals surface area (Å²) in [5, 5.41) is 2.68. The summed E-state index contributed by atoms with van der Waals surface area (Å²) in [5.41, 5.74) is 1.46. The van der Waals surface area contributed by atoms with Gasteiger partial charge in [-0.05, 0) is 18.2 Å². The van der Waals surface area contributed by atoms with Crippen LogP contribution in [0.5, 0.6) is 0 Å². The average Bonchev–Trinajstić information content (AvgIpc) is 2.49. The van der Waals surface area contributed by atoms with E-state index in [0.29, 0.717) is 16.8 Å². The second kappa shape index (κ2) is 7.15. The number of anilines is 1. The average molecular weight is 348 g/mol. The predicted octanol–water partition coefficient (Wildman–Crippen LogP) is 3.27. The van der Waals surface area contributed by atoms with E-state index in [4.69, 9.17) is 4.74 Å². The lowest BCUT2D eigenvalue weighted by molar-refractivity contribution is -0.119. The van der Waals surface area contributed by atoms with Gasteiger partial charge in [0.25, 0.3) is 0 Å².